The molecule has 0 unspecified atom stereocenters. The molecule has 0 fully saturated rings. The quantitative estimate of drug-likeness (QED) is 0.835. The van der Waals surface area contributed by atoms with Crippen LogP contribution in [0.4, 0.5) is 0 Å². The van der Waals surface area contributed by atoms with Gasteiger partial charge in [0, 0.05) is 18.7 Å². The van der Waals surface area contributed by atoms with E-state index in [4.69, 9.17) is 9.47 Å². The zero-order valence-corrected chi connectivity index (χ0v) is 13.8. The number of rotatable bonds is 7. The smallest absolute Gasteiger partial charge is 0.166 e. The summed E-state index contributed by atoms with van der Waals surface area (Å²) in [6, 6.07) is 14.5. The number of hydrogen-bond donors (Lipinski definition) is 1. The van der Waals surface area contributed by atoms with E-state index in [1.165, 1.54) is 11.1 Å². The molecule has 0 saturated carbocycles. The monoisotopic (exact) mass is 299 g/mol. The summed E-state index contributed by atoms with van der Waals surface area (Å²) in [7, 11) is 1.67. The van der Waals surface area contributed by atoms with Crippen molar-refractivity contribution in [2.75, 3.05) is 7.11 Å². The maximum atomic E-state index is 5.92. The Kier molecular flexibility index (Phi) is 5.84. The minimum absolute atomic E-state index is 0.117. The second-order valence-corrected chi connectivity index (χ2v) is 5.71. The van der Waals surface area contributed by atoms with Crippen LogP contribution in [0.5, 0.6) is 11.5 Å². The van der Waals surface area contributed by atoms with Crippen LogP contribution in [0.2, 0.25) is 0 Å². The van der Waals surface area contributed by atoms with Crippen molar-refractivity contribution in [1.29, 1.82) is 0 Å². The van der Waals surface area contributed by atoms with E-state index >= 15 is 0 Å². The molecule has 2 rings (SSSR count). The SMILES string of the molecule is COc1cccc(CNCc2cccc(C)c2)c1OC(C)C. The van der Waals surface area contributed by atoms with Crippen LogP contribution < -0.4 is 14.8 Å². The van der Waals surface area contributed by atoms with Gasteiger partial charge in [0.15, 0.2) is 11.5 Å². The van der Waals surface area contributed by atoms with Crippen molar-refractivity contribution < 1.29 is 9.47 Å². The Balaban J connectivity index is 2.05. The number of methoxy groups -OCH3 is 1. The summed E-state index contributed by atoms with van der Waals surface area (Å²) in [5, 5.41) is 3.47. The number of ether oxygens (including phenoxy) is 2. The molecule has 2 aromatic carbocycles. The van der Waals surface area contributed by atoms with E-state index in [2.05, 4.69) is 42.6 Å². The molecule has 0 heterocycles. The molecule has 0 spiro atoms. The van der Waals surface area contributed by atoms with Crippen LogP contribution in [-0.2, 0) is 13.1 Å². The zero-order valence-electron chi connectivity index (χ0n) is 13.8. The summed E-state index contributed by atoms with van der Waals surface area (Å²) in [6.45, 7) is 7.74. The molecule has 0 amide bonds. The second kappa shape index (κ2) is 7.85. The topological polar surface area (TPSA) is 30.5 Å². The van der Waals surface area contributed by atoms with Crippen molar-refractivity contribution in [3.8, 4) is 11.5 Å². The molecule has 1 N–H and O–H groups in total. The molecule has 0 atom stereocenters. The van der Waals surface area contributed by atoms with Gasteiger partial charge in [0.25, 0.3) is 0 Å². The summed E-state index contributed by atoms with van der Waals surface area (Å²) in [4.78, 5) is 0. The second-order valence-electron chi connectivity index (χ2n) is 5.71. The Morgan fingerprint density at radius 3 is 2.50 bits per heavy atom. The summed E-state index contributed by atoms with van der Waals surface area (Å²) < 4.78 is 11.3. The highest BCUT2D eigenvalue weighted by Crippen LogP contribution is 2.31. The Labute approximate surface area is 133 Å². The summed E-state index contributed by atoms with van der Waals surface area (Å²) in [6.07, 6.45) is 0.117. The maximum absolute atomic E-state index is 5.92. The molecule has 0 bridgehead atoms. The first-order valence-electron chi connectivity index (χ1n) is 7.69. The predicted molar refractivity (Wildman–Crippen MR) is 90.5 cm³/mol. The van der Waals surface area contributed by atoms with Crippen molar-refractivity contribution in [3.63, 3.8) is 0 Å². The fraction of sp³-hybridized carbons (Fsp3) is 0.368. The Morgan fingerprint density at radius 2 is 1.82 bits per heavy atom. The van der Waals surface area contributed by atoms with Crippen molar-refractivity contribution >= 4 is 0 Å². The van der Waals surface area contributed by atoms with Gasteiger partial charge in [-0.1, -0.05) is 42.0 Å². The zero-order chi connectivity index (χ0) is 15.9. The molecule has 0 radical (unpaired) electrons. The lowest BCUT2D eigenvalue weighted by Crippen LogP contribution is -2.15. The van der Waals surface area contributed by atoms with Crippen molar-refractivity contribution in [2.24, 2.45) is 0 Å². The van der Waals surface area contributed by atoms with Gasteiger partial charge in [-0.15, -0.1) is 0 Å². The molecule has 0 aliphatic heterocycles. The Morgan fingerprint density at radius 1 is 1.05 bits per heavy atom. The van der Waals surface area contributed by atoms with Crippen LogP contribution in [-0.4, -0.2) is 13.2 Å². The van der Waals surface area contributed by atoms with Crippen LogP contribution >= 0.6 is 0 Å². The normalized spacial score (nSPS) is 10.8. The first-order valence-corrected chi connectivity index (χ1v) is 7.69. The van der Waals surface area contributed by atoms with Gasteiger partial charge in [0.05, 0.1) is 13.2 Å². The first kappa shape index (κ1) is 16.4. The number of hydrogen-bond acceptors (Lipinski definition) is 3. The van der Waals surface area contributed by atoms with Crippen molar-refractivity contribution in [1.82, 2.24) is 5.32 Å². The number of benzene rings is 2. The van der Waals surface area contributed by atoms with Crippen LogP contribution in [0, 0.1) is 6.92 Å². The van der Waals surface area contributed by atoms with E-state index in [9.17, 15) is 0 Å². The van der Waals surface area contributed by atoms with Gasteiger partial charge >= 0.3 is 0 Å². The lowest BCUT2D eigenvalue weighted by molar-refractivity contribution is 0.227. The fourth-order valence-electron chi connectivity index (χ4n) is 2.39. The summed E-state index contributed by atoms with van der Waals surface area (Å²) >= 11 is 0. The lowest BCUT2D eigenvalue weighted by atomic mass is 10.1. The third-order valence-corrected chi connectivity index (χ3v) is 3.36. The van der Waals surface area contributed by atoms with E-state index < -0.39 is 0 Å². The highest BCUT2D eigenvalue weighted by Gasteiger charge is 2.11. The van der Waals surface area contributed by atoms with Crippen LogP contribution in [0.25, 0.3) is 0 Å². The number of nitrogens with one attached hydrogen (secondary N) is 1. The predicted octanol–water partition coefficient (Wildman–Crippen LogP) is 4.08. The molecule has 0 aliphatic carbocycles. The third kappa shape index (κ3) is 4.50. The third-order valence-electron chi connectivity index (χ3n) is 3.36. The Hall–Kier alpha value is -2.00. The van der Waals surface area contributed by atoms with E-state index in [1.807, 2.05) is 26.0 Å². The highest BCUT2D eigenvalue weighted by atomic mass is 16.5. The van der Waals surface area contributed by atoms with Crippen molar-refractivity contribution in [2.45, 2.75) is 40.0 Å². The molecule has 22 heavy (non-hydrogen) atoms. The van der Waals surface area contributed by atoms with Gasteiger partial charge in [-0.2, -0.15) is 0 Å². The number of aryl methyl sites for hydroxylation is 1. The molecule has 118 valence electrons. The molecule has 3 nitrogen and oxygen atoms in total. The molecular formula is C19H25NO2. The van der Waals surface area contributed by atoms with Gasteiger partial charge in [-0.3, -0.25) is 0 Å². The molecule has 0 aliphatic rings. The van der Waals surface area contributed by atoms with E-state index in [0.29, 0.717) is 0 Å². The minimum Gasteiger partial charge on any atom is -0.493 e. The number of para-hydroxylation sites is 1. The van der Waals surface area contributed by atoms with E-state index in [-0.39, 0.29) is 6.10 Å². The van der Waals surface area contributed by atoms with Gasteiger partial charge in [0.2, 0.25) is 0 Å². The molecule has 0 saturated heterocycles. The summed E-state index contributed by atoms with van der Waals surface area (Å²) in [5.41, 5.74) is 3.68. The summed E-state index contributed by atoms with van der Waals surface area (Å²) in [5.74, 6) is 1.61. The standard InChI is InChI=1S/C19H25NO2/c1-14(2)22-19-17(9-6-10-18(19)21-4)13-20-12-16-8-5-7-15(3)11-16/h5-11,14,20H,12-13H2,1-4H3. The molecule has 3 heteroatoms. The minimum atomic E-state index is 0.117. The van der Waals surface area contributed by atoms with E-state index in [1.54, 1.807) is 7.11 Å². The van der Waals surface area contributed by atoms with Crippen LogP contribution in [0.15, 0.2) is 42.5 Å². The highest BCUT2D eigenvalue weighted by molar-refractivity contribution is 5.46. The lowest BCUT2D eigenvalue weighted by Gasteiger charge is -2.17. The Bertz CT molecular complexity index is 608. The van der Waals surface area contributed by atoms with Gasteiger partial charge in [0.1, 0.15) is 0 Å². The van der Waals surface area contributed by atoms with Gasteiger partial charge < -0.3 is 14.8 Å². The fourth-order valence-corrected chi connectivity index (χ4v) is 2.39. The van der Waals surface area contributed by atoms with Crippen LogP contribution in [0.3, 0.4) is 0 Å². The largest absolute Gasteiger partial charge is 0.493 e. The average Bonchev–Trinajstić information content (AvgIpc) is 2.48. The van der Waals surface area contributed by atoms with Crippen molar-refractivity contribution in [3.05, 3.63) is 59.2 Å². The maximum Gasteiger partial charge on any atom is 0.166 e. The van der Waals surface area contributed by atoms with Gasteiger partial charge in [-0.25, -0.2) is 0 Å². The average molecular weight is 299 g/mol. The molecular weight excluding hydrogens is 274 g/mol. The van der Waals surface area contributed by atoms with E-state index in [0.717, 1.165) is 30.2 Å². The first-order chi connectivity index (χ1) is 10.6. The van der Waals surface area contributed by atoms with Crippen LogP contribution in [0.1, 0.15) is 30.5 Å². The molecule has 2 aromatic rings. The molecule has 0 aromatic heterocycles. The van der Waals surface area contributed by atoms with Gasteiger partial charge in [-0.05, 0) is 32.4 Å².